The molecule has 0 saturated carbocycles. The Morgan fingerprint density at radius 2 is 1.96 bits per heavy atom. The molecule has 4 rings (SSSR count). The third kappa shape index (κ3) is 3.19. The Bertz CT molecular complexity index is 1020. The van der Waals surface area contributed by atoms with E-state index < -0.39 is 5.91 Å². The smallest absolute Gasteiger partial charge is 0.282 e. The van der Waals surface area contributed by atoms with Gasteiger partial charge in [-0.15, -0.1) is 0 Å². The first-order valence-corrected chi connectivity index (χ1v) is 8.60. The Balaban J connectivity index is 1.83. The third-order valence-corrected chi connectivity index (χ3v) is 4.51. The summed E-state index contributed by atoms with van der Waals surface area (Å²) in [5.41, 5.74) is 2.02. The fourth-order valence-corrected chi connectivity index (χ4v) is 3.13. The second-order valence-corrected chi connectivity index (χ2v) is 6.48. The summed E-state index contributed by atoms with van der Waals surface area (Å²) in [4.78, 5) is 27.3. The number of halogens is 2. The van der Waals surface area contributed by atoms with Crippen molar-refractivity contribution in [3.05, 3.63) is 87.8 Å². The molecule has 2 aliphatic rings. The van der Waals surface area contributed by atoms with Gasteiger partial charge in [-0.2, -0.15) is 4.99 Å². The van der Waals surface area contributed by atoms with Gasteiger partial charge >= 0.3 is 0 Å². The molecule has 0 radical (unpaired) electrons. The maximum Gasteiger partial charge on any atom is 0.282 e. The molecule has 0 saturated heterocycles. The Labute approximate surface area is 160 Å². The van der Waals surface area contributed by atoms with Crippen molar-refractivity contribution in [1.82, 2.24) is 9.88 Å². The van der Waals surface area contributed by atoms with Gasteiger partial charge in [0.05, 0.1) is 10.6 Å². The molecule has 0 atom stereocenters. The van der Waals surface area contributed by atoms with E-state index in [0.717, 1.165) is 11.1 Å². The topological polar surface area (TPSA) is 57.9 Å². The summed E-state index contributed by atoms with van der Waals surface area (Å²) in [5, 5.41) is 0.727. The average molecular weight is 383 g/mol. The standard InChI is InChI=1S/C19H12Cl2N4O/c20-13-7-8-16-23-18(24-19(26)15-6-3-9-22-17(15)21)14-5-2-1-4-12(14)10-25(16)11-13/h1-9,11H,10H2. The highest BCUT2D eigenvalue weighted by Crippen LogP contribution is 2.23. The van der Waals surface area contributed by atoms with Crippen molar-refractivity contribution in [1.29, 1.82) is 0 Å². The lowest BCUT2D eigenvalue weighted by molar-refractivity contribution is 0.100. The number of nitrogens with zero attached hydrogens (tertiary/aromatic N) is 4. The number of amidine groups is 2. The minimum Gasteiger partial charge on any atom is -0.327 e. The fraction of sp³-hybridized carbons (Fsp3) is 0.0526. The van der Waals surface area contributed by atoms with Crippen LogP contribution >= 0.6 is 23.2 Å². The zero-order valence-corrected chi connectivity index (χ0v) is 14.9. The van der Waals surface area contributed by atoms with E-state index in [0.29, 0.717) is 23.2 Å². The van der Waals surface area contributed by atoms with Crippen molar-refractivity contribution in [2.75, 3.05) is 0 Å². The van der Waals surface area contributed by atoms with E-state index in [1.165, 1.54) is 6.20 Å². The fourth-order valence-electron chi connectivity index (χ4n) is 2.75. The van der Waals surface area contributed by atoms with Gasteiger partial charge in [0.1, 0.15) is 11.0 Å². The predicted molar refractivity (Wildman–Crippen MR) is 103 cm³/mol. The maximum atomic E-state index is 12.6. The van der Waals surface area contributed by atoms with Gasteiger partial charge in [-0.05, 0) is 29.8 Å². The molecule has 3 heterocycles. The quantitative estimate of drug-likeness (QED) is 0.694. The normalized spacial score (nSPS) is 17.2. The van der Waals surface area contributed by atoms with Crippen LogP contribution in [0, 0.1) is 0 Å². The molecule has 0 unspecified atom stereocenters. The number of carbonyl (C=O) groups is 1. The zero-order valence-electron chi connectivity index (χ0n) is 13.4. The van der Waals surface area contributed by atoms with Crippen LogP contribution in [0.5, 0.6) is 0 Å². The summed E-state index contributed by atoms with van der Waals surface area (Å²) in [6, 6.07) is 10.9. The summed E-state index contributed by atoms with van der Waals surface area (Å²) in [5.74, 6) is 0.507. The number of allylic oxidation sites excluding steroid dienone is 2. The number of pyridine rings is 1. The van der Waals surface area contributed by atoms with Crippen LogP contribution in [-0.4, -0.2) is 27.5 Å². The monoisotopic (exact) mass is 382 g/mol. The van der Waals surface area contributed by atoms with E-state index in [1.54, 1.807) is 30.5 Å². The molecule has 0 bridgehead atoms. The van der Waals surface area contributed by atoms with Crippen LogP contribution < -0.4 is 0 Å². The molecule has 0 aliphatic carbocycles. The Morgan fingerprint density at radius 1 is 1.12 bits per heavy atom. The first kappa shape index (κ1) is 16.7. The molecule has 0 fully saturated rings. The molecular formula is C19H12Cl2N4O. The van der Waals surface area contributed by atoms with Crippen molar-refractivity contribution < 1.29 is 4.79 Å². The number of aromatic nitrogens is 1. The summed E-state index contributed by atoms with van der Waals surface area (Å²) in [7, 11) is 0. The molecule has 1 amide bonds. The number of hydrogen-bond acceptors (Lipinski definition) is 3. The summed E-state index contributed by atoms with van der Waals surface area (Å²) in [6.07, 6.45) is 6.88. The second-order valence-electron chi connectivity index (χ2n) is 5.68. The van der Waals surface area contributed by atoms with Crippen molar-refractivity contribution in [3.63, 3.8) is 0 Å². The molecule has 0 N–H and O–H groups in total. The lowest BCUT2D eigenvalue weighted by atomic mass is 10.1. The van der Waals surface area contributed by atoms with E-state index in [4.69, 9.17) is 23.2 Å². The molecule has 1 aromatic carbocycles. The van der Waals surface area contributed by atoms with Gasteiger partial charge < -0.3 is 4.90 Å². The molecular weight excluding hydrogens is 371 g/mol. The van der Waals surface area contributed by atoms with Gasteiger partial charge in [-0.1, -0.05) is 47.5 Å². The predicted octanol–water partition coefficient (Wildman–Crippen LogP) is 4.19. The SMILES string of the molecule is O=C(N=C1N=C2C=CC(Cl)=CN2Cc2ccccc21)c1cccnc1Cl. The maximum absolute atomic E-state index is 12.6. The molecule has 1 aromatic heterocycles. The van der Waals surface area contributed by atoms with Gasteiger partial charge in [-0.3, -0.25) is 4.79 Å². The van der Waals surface area contributed by atoms with Crippen molar-refractivity contribution in [2.45, 2.75) is 6.54 Å². The number of fused-ring (bicyclic) bond motifs is 2. The molecule has 128 valence electrons. The van der Waals surface area contributed by atoms with Crippen LogP contribution in [0.3, 0.4) is 0 Å². The Kier molecular flexibility index (Phi) is 4.41. The summed E-state index contributed by atoms with van der Waals surface area (Å²) in [6.45, 7) is 0.580. The first-order chi connectivity index (χ1) is 12.6. The lowest BCUT2D eigenvalue weighted by Gasteiger charge is -2.21. The van der Waals surface area contributed by atoms with Gasteiger partial charge in [0.25, 0.3) is 5.91 Å². The van der Waals surface area contributed by atoms with Crippen LogP contribution in [0.4, 0.5) is 0 Å². The van der Waals surface area contributed by atoms with Gasteiger partial charge in [-0.25, -0.2) is 9.98 Å². The van der Waals surface area contributed by atoms with Crippen LogP contribution in [0.15, 0.2) is 76.0 Å². The minimum atomic E-state index is -0.487. The molecule has 2 aromatic rings. The largest absolute Gasteiger partial charge is 0.327 e. The number of amides is 1. The minimum absolute atomic E-state index is 0.116. The Morgan fingerprint density at radius 3 is 2.81 bits per heavy atom. The number of aliphatic imine (C=N–C) groups is 2. The van der Waals surface area contributed by atoms with Crippen molar-refractivity contribution in [2.24, 2.45) is 9.98 Å². The highest BCUT2D eigenvalue weighted by atomic mass is 35.5. The van der Waals surface area contributed by atoms with E-state index in [9.17, 15) is 4.79 Å². The van der Waals surface area contributed by atoms with Gasteiger partial charge in [0, 0.05) is 24.5 Å². The molecule has 2 aliphatic heterocycles. The van der Waals surface area contributed by atoms with Gasteiger partial charge in [0.2, 0.25) is 0 Å². The highest BCUT2D eigenvalue weighted by Gasteiger charge is 2.22. The van der Waals surface area contributed by atoms with E-state index >= 15 is 0 Å². The highest BCUT2D eigenvalue weighted by molar-refractivity contribution is 6.33. The number of hydrogen-bond donors (Lipinski definition) is 0. The van der Waals surface area contributed by atoms with E-state index in [1.807, 2.05) is 29.2 Å². The zero-order chi connectivity index (χ0) is 18.1. The number of rotatable bonds is 1. The molecule has 26 heavy (non-hydrogen) atoms. The molecule has 7 heteroatoms. The van der Waals surface area contributed by atoms with Crippen LogP contribution in [0.1, 0.15) is 21.5 Å². The van der Waals surface area contributed by atoms with Crippen molar-refractivity contribution in [3.8, 4) is 0 Å². The Hall–Kier alpha value is -2.76. The van der Waals surface area contributed by atoms with Crippen LogP contribution in [0.2, 0.25) is 5.15 Å². The summed E-state index contributed by atoms with van der Waals surface area (Å²) >= 11 is 12.1. The first-order valence-electron chi connectivity index (χ1n) is 7.84. The van der Waals surface area contributed by atoms with E-state index in [2.05, 4.69) is 15.0 Å². The third-order valence-electron chi connectivity index (χ3n) is 3.98. The van der Waals surface area contributed by atoms with E-state index in [-0.39, 0.29) is 10.7 Å². The summed E-state index contributed by atoms with van der Waals surface area (Å²) < 4.78 is 0. The average Bonchev–Trinajstić information content (AvgIpc) is 2.78. The van der Waals surface area contributed by atoms with Crippen LogP contribution in [-0.2, 0) is 6.54 Å². The molecule has 0 spiro atoms. The second kappa shape index (κ2) is 6.86. The number of carbonyl (C=O) groups excluding carboxylic acids is 1. The van der Waals surface area contributed by atoms with Gasteiger partial charge in [0.15, 0.2) is 5.84 Å². The lowest BCUT2D eigenvalue weighted by Crippen LogP contribution is -2.25. The number of benzene rings is 1. The van der Waals surface area contributed by atoms with Crippen molar-refractivity contribution >= 4 is 40.8 Å². The van der Waals surface area contributed by atoms with Crippen LogP contribution in [0.25, 0.3) is 0 Å². The molecule has 5 nitrogen and oxygen atoms in total.